The van der Waals surface area contributed by atoms with Gasteiger partial charge in [-0.2, -0.15) is 0 Å². The summed E-state index contributed by atoms with van der Waals surface area (Å²) in [6.45, 7) is 6.64. The van der Waals surface area contributed by atoms with Crippen molar-refractivity contribution in [3.05, 3.63) is 24.0 Å². The fourth-order valence-corrected chi connectivity index (χ4v) is 2.37. The van der Waals surface area contributed by atoms with Gasteiger partial charge in [0.15, 0.2) is 0 Å². The van der Waals surface area contributed by atoms with Crippen LogP contribution in [0.5, 0.6) is 0 Å². The average molecular weight is 192 g/mol. The van der Waals surface area contributed by atoms with Crippen LogP contribution in [0.25, 0.3) is 0 Å². The Morgan fingerprint density at radius 2 is 2.29 bits per heavy atom. The second kappa shape index (κ2) is 2.97. The van der Waals surface area contributed by atoms with E-state index in [2.05, 4.69) is 6.08 Å². The number of rotatable bonds is 2. The number of Topliss-reactive ketones (excluding diaryl/α,β-unsaturated/α-hetero) is 1. The maximum Gasteiger partial charge on any atom is 0.147 e. The molecule has 1 saturated carbocycles. The molecule has 1 fully saturated rings. The van der Waals surface area contributed by atoms with Crippen molar-refractivity contribution >= 4 is 5.78 Å². The lowest BCUT2D eigenvalue weighted by molar-refractivity contribution is -0.145. The average Bonchev–Trinajstić information content (AvgIpc) is 2.55. The normalized spacial score (nSPS) is 35.6. The van der Waals surface area contributed by atoms with Crippen molar-refractivity contribution in [1.82, 2.24) is 0 Å². The highest BCUT2D eigenvalue weighted by atomic mass is 16.5. The van der Waals surface area contributed by atoms with Crippen LogP contribution < -0.4 is 0 Å². The Bertz CT molecular complexity index is 323. The van der Waals surface area contributed by atoms with Gasteiger partial charge < -0.3 is 4.74 Å². The molecular formula is C12H16O2. The Kier molecular flexibility index (Phi) is 2.02. The zero-order chi connectivity index (χ0) is 10.3. The molecule has 2 heteroatoms. The maximum absolute atomic E-state index is 11.8. The Morgan fingerprint density at radius 3 is 2.93 bits per heavy atom. The second-order valence-corrected chi connectivity index (χ2v) is 4.52. The van der Waals surface area contributed by atoms with Gasteiger partial charge in [-0.05, 0) is 12.5 Å². The van der Waals surface area contributed by atoms with E-state index in [-0.39, 0.29) is 11.3 Å². The van der Waals surface area contributed by atoms with Crippen LogP contribution >= 0.6 is 0 Å². The van der Waals surface area contributed by atoms with E-state index in [1.807, 2.05) is 26.8 Å². The fourth-order valence-electron chi connectivity index (χ4n) is 2.37. The van der Waals surface area contributed by atoms with Crippen molar-refractivity contribution in [3.8, 4) is 0 Å². The summed E-state index contributed by atoms with van der Waals surface area (Å²) < 4.78 is 5.22. The molecular weight excluding hydrogens is 176 g/mol. The van der Waals surface area contributed by atoms with Crippen molar-refractivity contribution in [1.29, 1.82) is 0 Å². The maximum atomic E-state index is 11.8. The topological polar surface area (TPSA) is 26.3 Å². The second-order valence-electron chi connectivity index (χ2n) is 4.52. The van der Waals surface area contributed by atoms with Gasteiger partial charge in [0, 0.05) is 11.3 Å². The highest BCUT2D eigenvalue weighted by molar-refractivity contribution is 5.97. The van der Waals surface area contributed by atoms with Gasteiger partial charge in [0.1, 0.15) is 5.78 Å². The molecule has 2 atom stereocenters. The zero-order valence-electron chi connectivity index (χ0n) is 8.91. The number of carbonyl (C=O) groups is 1. The Labute approximate surface area is 84.6 Å². The Balaban J connectivity index is 2.17. The Morgan fingerprint density at radius 1 is 1.57 bits per heavy atom. The van der Waals surface area contributed by atoms with Gasteiger partial charge in [-0.25, -0.2) is 0 Å². The van der Waals surface area contributed by atoms with Crippen LogP contribution in [0.3, 0.4) is 0 Å². The van der Waals surface area contributed by atoms with E-state index < -0.39 is 0 Å². The molecule has 2 unspecified atom stereocenters. The van der Waals surface area contributed by atoms with Crippen LogP contribution in [0.1, 0.15) is 20.8 Å². The van der Waals surface area contributed by atoms with Crippen LogP contribution in [0.15, 0.2) is 24.0 Å². The zero-order valence-corrected chi connectivity index (χ0v) is 8.91. The monoisotopic (exact) mass is 192 g/mol. The first-order chi connectivity index (χ1) is 6.59. The third-order valence-corrected chi connectivity index (χ3v) is 3.35. The predicted octanol–water partition coefficient (Wildman–Crippen LogP) is 2.32. The molecule has 0 spiro atoms. The minimum absolute atomic E-state index is 0.0801. The van der Waals surface area contributed by atoms with Crippen molar-refractivity contribution < 1.29 is 9.53 Å². The van der Waals surface area contributed by atoms with Crippen molar-refractivity contribution in [2.75, 3.05) is 6.61 Å². The standard InChI is InChI=1S/C12H16O2/c1-4-14-7-8-5-6-9-10(8)11(13)12(9,2)3/h5-7,9-10H,4H2,1-3H3. The Hall–Kier alpha value is -1.05. The molecule has 76 valence electrons. The number of hydrogen-bond donors (Lipinski definition) is 0. The lowest BCUT2D eigenvalue weighted by Crippen LogP contribution is -2.52. The summed E-state index contributed by atoms with van der Waals surface area (Å²) in [7, 11) is 0. The van der Waals surface area contributed by atoms with E-state index in [0.717, 1.165) is 5.57 Å². The van der Waals surface area contributed by atoms with E-state index in [9.17, 15) is 4.79 Å². The summed E-state index contributed by atoms with van der Waals surface area (Å²) in [5.41, 5.74) is 0.879. The third-order valence-electron chi connectivity index (χ3n) is 3.35. The number of ketones is 1. The van der Waals surface area contributed by atoms with Crippen molar-refractivity contribution in [2.24, 2.45) is 17.3 Å². The number of ether oxygens (including phenoxy) is 1. The summed E-state index contributed by atoms with van der Waals surface area (Å²) in [5.74, 6) is 0.816. The van der Waals surface area contributed by atoms with E-state index in [1.54, 1.807) is 6.26 Å². The molecule has 0 aliphatic heterocycles. The summed E-state index contributed by atoms with van der Waals surface area (Å²) in [5, 5.41) is 0. The van der Waals surface area contributed by atoms with Gasteiger partial charge >= 0.3 is 0 Å². The van der Waals surface area contributed by atoms with E-state index in [1.165, 1.54) is 0 Å². The highest BCUT2D eigenvalue weighted by Crippen LogP contribution is 2.54. The highest BCUT2D eigenvalue weighted by Gasteiger charge is 2.57. The lowest BCUT2D eigenvalue weighted by atomic mass is 9.55. The van der Waals surface area contributed by atoms with E-state index >= 15 is 0 Å². The molecule has 0 aromatic carbocycles. The largest absolute Gasteiger partial charge is 0.501 e. The minimum Gasteiger partial charge on any atom is -0.501 e. The molecule has 2 aliphatic rings. The first-order valence-electron chi connectivity index (χ1n) is 5.13. The van der Waals surface area contributed by atoms with Crippen LogP contribution in [-0.4, -0.2) is 12.4 Å². The smallest absolute Gasteiger partial charge is 0.147 e. The van der Waals surface area contributed by atoms with Gasteiger partial charge in [0.25, 0.3) is 0 Å². The lowest BCUT2D eigenvalue weighted by Gasteiger charge is -2.45. The molecule has 0 aromatic rings. The SMILES string of the molecule is CCOC=C1C=CC2C1C(=O)C2(C)C. The third kappa shape index (κ3) is 1.06. The predicted molar refractivity (Wildman–Crippen MR) is 54.6 cm³/mol. The van der Waals surface area contributed by atoms with Crippen LogP contribution in [-0.2, 0) is 9.53 Å². The molecule has 2 nitrogen and oxygen atoms in total. The summed E-state index contributed by atoms with van der Waals surface area (Å²) >= 11 is 0. The van der Waals surface area contributed by atoms with Crippen LogP contribution in [0, 0.1) is 17.3 Å². The molecule has 0 amide bonds. The van der Waals surface area contributed by atoms with Gasteiger partial charge in [0.05, 0.1) is 18.8 Å². The summed E-state index contributed by atoms with van der Waals surface area (Å²) in [6.07, 6.45) is 5.89. The van der Waals surface area contributed by atoms with Gasteiger partial charge in [-0.1, -0.05) is 26.0 Å². The van der Waals surface area contributed by atoms with Gasteiger partial charge in [0.2, 0.25) is 0 Å². The van der Waals surface area contributed by atoms with E-state index in [0.29, 0.717) is 18.3 Å². The molecule has 0 aromatic heterocycles. The molecule has 2 aliphatic carbocycles. The summed E-state index contributed by atoms with van der Waals surface area (Å²) in [6, 6.07) is 0. The minimum atomic E-state index is -0.164. The molecule has 0 radical (unpaired) electrons. The first-order valence-corrected chi connectivity index (χ1v) is 5.13. The first kappa shape index (κ1) is 9.50. The van der Waals surface area contributed by atoms with Gasteiger partial charge in [-0.3, -0.25) is 4.79 Å². The number of hydrogen-bond acceptors (Lipinski definition) is 2. The molecule has 0 heterocycles. The van der Waals surface area contributed by atoms with Gasteiger partial charge in [-0.15, -0.1) is 0 Å². The number of allylic oxidation sites excluding steroid dienone is 3. The molecule has 0 saturated heterocycles. The number of fused-ring (bicyclic) bond motifs is 1. The van der Waals surface area contributed by atoms with Crippen LogP contribution in [0.2, 0.25) is 0 Å². The fraction of sp³-hybridized carbons (Fsp3) is 0.583. The van der Waals surface area contributed by atoms with Crippen LogP contribution in [0.4, 0.5) is 0 Å². The molecule has 0 bridgehead atoms. The molecule has 0 N–H and O–H groups in total. The summed E-state index contributed by atoms with van der Waals surface area (Å²) in [4.78, 5) is 11.8. The molecule has 2 rings (SSSR count). The molecule has 14 heavy (non-hydrogen) atoms. The van der Waals surface area contributed by atoms with E-state index in [4.69, 9.17) is 4.74 Å². The van der Waals surface area contributed by atoms with Crippen molar-refractivity contribution in [2.45, 2.75) is 20.8 Å². The van der Waals surface area contributed by atoms with Crippen molar-refractivity contribution in [3.63, 3.8) is 0 Å². The quantitative estimate of drug-likeness (QED) is 0.628. The number of carbonyl (C=O) groups excluding carboxylic acids is 1.